The molecule has 3 aromatic rings. The van der Waals surface area contributed by atoms with Crippen molar-refractivity contribution in [3.8, 4) is 5.75 Å². The van der Waals surface area contributed by atoms with Crippen molar-refractivity contribution >= 4 is 28.8 Å². The van der Waals surface area contributed by atoms with Crippen LogP contribution >= 0.6 is 0 Å². The van der Waals surface area contributed by atoms with Gasteiger partial charge in [0.1, 0.15) is 11.5 Å². The van der Waals surface area contributed by atoms with Crippen LogP contribution in [0, 0.1) is 20.8 Å². The Kier molecular flexibility index (Phi) is 6.39. The summed E-state index contributed by atoms with van der Waals surface area (Å²) >= 11 is 0. The number of anilines is 2. The molecule has 1 saturated heterocycles. The molecule has 0 radical (unpaired) electrons. The average molecular weight is 471 g/mol. The second kappa shape index (κ2) is 9.29. The zero-order valence-electron chi connectivity index (χ0n) is 20.9. The van der Waals surface area contributed by atoms with Crippen molar-refractivity contribution in [2.45, 2.75) is 26.8 Å². The fraction of sp³-hybridized carbons (Fsp3) is 0.241. The summed E-state index contributed by atoms with van der Waals surface area (Å²) < 4.78 is 5.40. The van der Waals surface area contributed by atoms with Crippen molar-refractivity contribution < 1.29 is 19.4 Å². The molecule has 1 aliphatic rings. The van der Waals surface area contributed by atoms with E-state index in [0.29, 0.717) is 17.0 Å². The molecular weight excluding hydrogens is 440 g/mol. The van der Waals surface area contributed by atoms with Gasteiger partial charge in [-0.05, 0) is 79.4 Å². The summed E-state index contributed by atoms with van der Waals surface area (Å²) in [4.78, 5) is 30.3. The predicted molar refractivity (Wildman–Crippen MR) is 139 cm³/mol. The van der Waals surface area contributed by atoms with Gasteiger partial charge in [-0.25, -0.2) is 0 Å². The minimum absolute atomic E-state index is 0.0775. The second-order valence-electron chi connectivity index (χ2n) is 9.07. The number of aliphatic hydroxyl groups excluding tert-OH is 1. The highest BCUT2D eigenvalue weighted by atomic mass is 16.5. The SMILES string of the molecule is COc1cc(C)c(/C(O)=C2\C(=O)C(=O)N(c3ccc(N(C)C)cc3)C2c2ccccc2C)cc1C. The van der Waals surface area contributed by atoms with Crippen LogP contribution in [0.2, 0.25) is 0 Å². The number of ether oxygens (including phenoxy) is 1. The lowest BCUT2D eigenvalue weighted by atomic mass is 9.91. The highest BCUT2D eigenvalue weighted by Crippen LogP contribution is 2.44. The summed E-state index contributed by atoms with van der Waals surface area (Å²) in [6, 6.07) is 17.9. The maximum Gasteiger partial charge on any atom is 0.300 e. The molecule has 0 aromatic heterocycles. The summed E-state index contributed by atoms with van der Waals surface area (Å²) in [6.07, 6.45) is 0. The molecule has 6 nitrogen and oxygen atoms in total. The molecule has 0 aliphatic carbocycles. The van der Waals surface area contributed by atoms with Crippen molar-refractivity contribution in [1.29, 1.82) is 0 Å². The molecule has 35 heavy (non-hydrogen) atoms. The molecule has 6 heteroatoms. The van der Waals surface area contributed by atoms with Crippen molar-refractivity contribution in [3.05, 3.63) is 94.1 Å². The average Bonchev–Trinajstić information content (AvgIpc) is 3.10. The summed E-state index contributed by atoms with van der Waals surface area (Å²) in [5, 5.41) is 11.5. The molecule has 1 fully saturated rings. The topological polar surface area (TPSA) is 70.1 Å². The monoisotopic (exact) mass is 470 g/mol. The maximum absolute atomic E-state index is 13.5. The zero-order valence-corrected chi connectivity index (χ0v) is 20.9. The summed E-state index contributed by atoms with van der Waals surface area (Å²) in [5.74, 6) is -0.871. The minimum atomic E-state index is -0.761. The standard InChI is InChI=1S/C29H30N2O4/c1-17-9-7-8-10-22(17)26-25(27(32)23-15-19(3)24(35-6)16-18(23)2)28(33)29(34)31(26)21-13-11-20(12-14-21)30(4)5/h7-16,26,32H,1-6H3/b27-25+. The lowest BCUT2D eigenvalue weighted by Gasteiger charge is -2.27. The molecule has 4 rings (SSSR count). The third kappa shape index (κ3) is 4.16. The van der Waals surface area contributed by atoms with Gasteiger partial charge in [0.25, 0.3) is 11.7 Å². The molecule has 1 heterocycles. The number of ketones is 1. The van der Waals surface area contributed by atoms with E-state index < -0.39 is 17.7 Å². The number of carbonyl (C=O) groups is 2. The smallest absolute Gasteiger partial charge is 0.300 e. The number of aliphatic hydroxyl groups is 1. The van der Waals surface area contributed by atoms with Crippen LogP contribution in [0.5, 0.6) is 5.75 Å². The number of hydrogen-bond donors (Lipinski definition) is 1. The van der Waals surface area contributed by atoms with E-state index in [9.17, 15) is 14.7 Å². The van der Waals surface area contributed by atoms with E-state index >= 15 is 0 Å². The molecule has 1 aliphatic heterocycles. The summed E-state index contributed by atoms with van der Waals surface area (Å²) in [6.45, 7) is 5.65. The summed E-state index contributed by atoms with van der Waals surface area (Å²) in [5.41, 5.74) is 5.41. The first-order valence-electron chi connectivity index (χ1n) is 11.4. The van der Waals surface area contributed by atoms with Gasteiger partial charge in [-0.3, -0.25) is 14.5 Å². The zero-order chi connectivity index (χ0) is 25.4. The van der Waals surface area contributed by atoms with Gasteiger partial charge in [-0.15, -0.1) is 0 Å². The normalized spacial score (nSPS) is 17.1. The Hall–Kier alpha value is -4.06. The molecule has 0 spiro atoms. The number of rotatable bonds is 5. The van der Waals surface area contributed by atoms with Gasteiger partial charge in [-0.1, -0.05) is 24.3 Å². The lowest BCUT2D eigenvalue weighted by molar-refractivity contribution is -0.132. The Morgan fingerprint density at radius 3 is 2.17 bits per heavy atom. The number of aryl methyl sites for hydroxylation is 3. The van der Waals surface area contributed by atoms with E-state index in [-0.39, 0.29) is 11.3 Å². The fourth-order valence-electron chi connectivity index (χ4n) is 4.61. The second-order valence-corrected chi connectivity index (χ2v) is 9.07. The van der Waals surface area contributed by atoms with Crippen molar-refractivity contribution in [2.75, 3.05) is 31.0 Å². The van der Waals surface area contributed by atoms with E-state index in [1.165, 1.54) is 4.90 Å². The van der Waals surface area contributed by atoms with Crippen LogP contribution in [0.25, 0.3) is 5.76 Å². The Balaban J connectivity index is 1.96. The van der Waals surface area contributed by atoms with E-state index in [2.05, 4.69) is 0 Å². The first kappa shape index (κ1) is 24.1. The minimum Gasteiger partial charge on any atom is -0.507 e. The Labute approximate surface area is 206 Å². The quantitative estimate of drug-likeness (QED) is 0.311. The largest absolute Gasteiger partial charge is 0.507 e. The lowest BCUT2D eigenvalue weighted by Crippen LogP contribution is -2.29. The van der Waals surface area contributed by atoms with Gasteiger partial charge in [0.2, 0.25) is 0 Å². The Morgan fingerprint density at radius 1 is 0.914 bits per heavy atom. The van der Waals surface area contributed by atoms with Crippen LogP contribution in [0.15, 0.2) is 66.2 Å². The number of carbonyl (C=O) groups excluding carboxylic acids is 2. The van der Waals surface area contributed by atoms with Crippen LogP contribution in [-0.2, 0) is 9.59 Å². The highest BCUT2D eigenvalue weighted by molar-refractivity contribution is 6.51. The molecule has 3 aromatic carbocycles. The van der Waals surface area contributed by atoms with Crippen LogP contribution in [0.1, 0.15) is 33.9 Å². The molecule has 1 unspecified atom stereocenters. The molecule has 180 valence electrons. The molecule has 0 bridgehead atoms. The van der Waals surface area contributed by atoms with Crippen LogP contribution in [0.4, 0.5) is 11.4 Å². The Bertz CT molecular complexity index is 1340. The van der Waals surface area contributed by atoms with E-state index in [0.717, 1.165) is 27.9 Å². The number of Topliss-reactive ketones (excluding diaryl/α,β-unsaturated/α-hetero) is 1. The molecule has 0 saturated carbocycles. The fourth-order valence-corrected chi connectivity index (χ4v) is 4.61. The van der Waals surface area contributed by atoms with Gasteiger partial charge in [0.15, 0.2) is 0 Å². The van der Waals surface area contributed by atoms with Gasteiger partial charge < -0.3 is 14.7 Å². The molecule has 1 N–H and O–H groups in total. The molecule has 1 atom stereocenters. The number of nitrogens with zero attached hydrogens (tertiary/aromatic N) is 2. The predicted octanol–water partition coefficient (Wildman–Crippen LogP) is 5.31. The maximum atomic E-state index is 13.5. The number of hydrogen-bond acceptors (Lipinski definition) is 5. The van der Waals surface area contributed by atoms with Crippen molar-refractivity contribution in [1.82, 2.24) is 0 Å². The van der Waals surface area contributed by atoms with E-state index in [1.807, 2.05) is 94.4 Å². The number of amides is 1. The van der Waals surface area contributed by atoms with E-state index in [1.54, 1.807) is 13.2 Å². The van der Waals surface area contributed by atoms with Gasteiger partial charge in [0, 0.05) is 31.0 Å². The summed E-state index contributed by atoms with van der Waals surface area (Å²) in [7, 11) is 5.47. The van der Waals surface area contributed by atoms with Gasteiger partial charge in [-0.2, -0.15) is 0 Å². The van der Waals surface area contributed by atoms with Crippen LogP contribution in [0.3, 0.4) is 0 Å². The number of benzene rings is 3. The third-order valence-corrected chi connectivity index (χ3v) is 6.57. The van der Waals surface area contributed by atoms with Crippen molar-refractivity contribution in [3.63, 3.8) is 0 Å². The Morgan fingerprint density at radius 2 is 1.57 bits per heavy atom. The first-order valence-corrected chi connectivity index (χ1v) is 11.4. The van der Waals surface area contributed by atoms with Crippen LogP contribution in [-0.4, -0.2) is 38.0 Å². The van der Waals surface area contributed by atoms with E-state index in [4.69, 9.17) is 4.74 Å². The van der Waals surface area contributed by atoms with Gasteiger partial charge in [0.05, 0.1) is 18.7 Å². The third-order valence-electron chi connectivity index (χ3n) is 6.57. The first-order chi connectivity index (χ1) is 16.6. The highest BCUT2D eigenvalue weighted by Gasteiger charge is 2.47. The van der Waals surface area contributed by atoms with Crippen LogP contribution < -0.4 is 14.5 Å². The van der Waals surface area contributed by atoms with Gasteiger partial charge >= 0.3 is 0 Å². The molecular formula is C29H30N2O4. The number of methoxy groups -OCH3 is 1. The van der Waals surface area contributed by atoms with Crippen molar-refractivity contribution in [2.24, 2.45) is 0 Å². The molecule has 1 amide bonds.